The molecule has 0 aromatic heterocycles. The Morgan fingerprint density at radius 1 is 1.42 bits per heavy atom. The van der Waals surface area contributed by atoms with Crippen LogP contribution in [0.25, 0.3) is 0 Å². The van der Waals surface area contributed by atoms with Crippen molar-refractivity contribution in [2.45, 2.75) is 58.3 Å². The molecule has 0 aliphatic carbocycles. The molecule has 2 nitrogen and oxygen atoms in total. The van der Waals surface area contributed by atoms with Crippen LogP contribution in [0.5, 0.6) is 0 Å². The standard InChI is InChI=1S/C10H20O2/c1-3-4-8-11-10-7-5-6-9(2)12-10/h9-10H,3-8H2,1-2H3. The van der Waals surface area contributed by atoms with Gasteiger partial charge in [0, 0.05) is 6.61 Å². The Morgan fingerprint density at radius 2 is 2.25 bits per heavy atom. The Bertz CT molecular complexity index is 114. The van der Waals surface area contributed by atoms with Crippen molar-refractivity contribution in [1.29, 1.82) is 0 Å². The normalized spacial score (nSPS) is 30.5. The average Bonchev–Trinajstić information content (AvgIpc) is 2.05. The van der Waals surface area contributed by atoms with Crippen molar-refractivity contribution in [3.8, 4) is 0 Å². The molecule has 2 heteroatoms. The third-order valence-corrected chi connectivity index (χ3v) is 2.24. The molecule has 0 aromatic rings. The molecule has 0 aromatic carbocycles. The Labute approximate surface area is 75.2 Å². The summed E-state index contributed by atoms with van der Waals surface area (Å²) >= 11 is 0. The van der Waals surface area contributed by atoms with Crippen LogP contribution in [0.15, 0.2) is 0 Å². The monoisotopic (exact) mass is 172 g/mol. The average molecular weight is 172 g/mol. The fraction of sp³-hybridized carbons (Fsp3) is 1.00. The first kappa shape index (κ1) is 10.0. The maximum Gasteiger partial charge on any atom is 0.157 e. The Kier molecular flexibility index (Phi) is 4.62. The third kappa shape index (κ3) is 3.55. The summed E-state index contributed by atoms with van der Waals surface area (Å²) in [7, 11) is 0. The Morgan fingerprint density at radius 3 is 2.92 bits per heavy atom. The van der Waals surface area contributed by atoms with Gasteiger partial charge in [0.2, 0.25) is 0 Å². The molecule has 0 spiro atoms. The van der Waals surface area contributed by atoms with E-state index < -0.39 is 0 Å². The molecule has 1 heterocycles. The number of hydrogen-bond donors (Lipinski definition) is 0. The van der Waals surface area contributed by atoms with Gasteiger partial charge in [-0.3, -0.25) is 0 Å². The molecule has 12 heavy (non-hydrogen) atoms. The lowest BCUT2D eigenvalue weighted by atomic mass is 10.1. The van der Waals surface area contributed by atoms with Crippen LogP contribution in [-0.2, 0) is 9.47 Å². The molecule has 1 rings (SSSR count). The van der Waals surface area contributed by atoms with Crippen LogP contribution in [-0.4, -0.2) is 19.0 Å². The lowest BCUT2D eigenvalue weighted by Gasteiger charge is -2.27. The van der Waals surface area contributed by atoms with Crippen molar-refractivity contribution in [3.05, 3.63) is 0 Å². The van der Waals surface area contributed by atoms with Crippen LogP contribution in [0.1, 0.15) is 46.0 Å². The minimum absolute atomic E-state index is 0.0836. The van der Waals surface area contributed by atoms with Crippen molar-refractivity contribution in [2.24, 2.45) is 0 Å². The van der Waals surface area contributed by atoms with E-state index in [0.717, 1.165) is 19.4 Å². The molecule has 0 bridgehead atoms. The first-order valence-electron chi connectivity index (χ1n) is 5.10. The van der Waals surface area contributed by atoms with Crippen LogP contribution in [0.3, 0.4) is 0 Å². The number of unbranched alkanes of at least 4 members (excludes halogenated alkanes) is 1. The molecule has 2 unspecified atom stereocenters. The number of rotatable bonds is 4. The molecule has 1 aliphatic heterocycles. The largest absolute Gasteiger partial charge is 0.353 e. The van der Waals surface area contributed by atoms with Crippen molar-refractivity contribution in [2.75, 3.05) is 6.61 Å². The zero-order valence-electron chi connectivity index (χ0n) is 8.21. The van der Waals surface area contributed by atoms with Gasteiger partial charge in [-0.25, -0.2) is 0 Å². The summed E-state index contributed by atoms with van der Waals surface area (Å²) in [5.41, 5.74) is 0. The fourth-order valence-corrected chi connectivity index (χ4v) is 1.45. The third-order valence-electron chi connectivity index (χ3n) is 2.24. The Balaban J connectivity index is 2.06. The highest BCUT2D eigenvalue weighted by atomic mass is 16.7. The van der Waals surface area contributed by atoms with E-state index in [-0.39, 0.29) is 6.29 Å². The molecule has 2 atom stereocenters. The van der Waals surface area contributed by atoms with Crippen LogP contribution in [0.4, 0.5) is 0 Å². The highest BCUT2D eigenvalue weighted by Gasteiger charge is 2.18. The van der Waals surface area contributed by atoms with Gasteiger partial charge in [-0.05, 0) is 32.6 Å². The number of hydrogen-bond acceptors (Lipinski definition) is 2. The predicted molar refractivity (Wildman–Crippen MR) is 49.0 cm³/mol. The van der Waals surface area contributed by atoms with Gasteiger partial charge in [0.1, 0.15) is 0 Å². The second-order valence-electron chi connectivity index (χ2n) is 3.53. The SMILES string of the molecule is CCCCOC1CCCC(C)O1. The van der Waals surface area contributed by atoms with E-state index in [0.29, 0.717) is 6.10 Å². The van der Waals surface area contributed by atoms with Gasteiger partial charge in [-0.2, -0.15) is 0 Å². The van der Waals surface area contributed by atoms with Crippen LogP contribution in [0, 0.1) is 0 Å². The van der Waals surface area contributed by atoms with Crippen molar-refractivity contribution < 1.29 is 9.47 Å². The van der Waals surface area contributed by atoms with Gasteiger partial charge >= 0.3 is 0 Å². The molecule has 0 amide bonds. The van der Waals surface area contributed by atoms with Crippen LogP contribution in [0.2, 0.25) is 0 Å². The smallest absolute Gasteiger partial charge is 0.157 e. The second-order valence-corrected chi connectivity index (χ2v) is 3.53. The molecule has 72 valence electrons. The summed E-state index contributed by atoms with van der Waals surface area (Å²) < 4.78 is 11.2. The van der Waals surface area contributed by atoms with Gasteiger partial charge in [0.15, 0.2) is 6.29 Å². The second kappa shape index (κ2) is 5.55. The predicted octanol–water partition coefficient (Wildman–Crippen LogP) is 2.72. The molecule has 0 N–H and O–H groups in total. The summed E-state index contributed by atoms with van der Waals surface area (Å²) in [5.74, 6) is 0. The van der Waals surface area contributed by atoms with E-state index in [9.17, 15) is 0 Å². The first-order valence-corrected chi connectivity index (χ1v) is 5.10. The lowest BCUT2D eigenvalue weighted by Crippen LogP contribution is -2.27. The van der Waals surface area contributed by atoms with Crippen molar-refractivity contribution >= 4 is 0 Å². The quantitative estimate of drug-likeness (QED) is 0.607. The molecule has 1 saturated heterocycles. The first-order chi connectivity index (χ1) is 5.83. The molecule has 1 fully saturated rings. The number of ether oxygens (including phenoxy) is 2. The maximum absolute atomic E-state index is 5.61. The fourth-order valence-electron chi connectivity index (χ4n) is 1.45. The summed E-state index contributed by atoms with van der Waals surface area (Å²) in [5, 5.41) is 0. The van der Waals surface area contributed by atoms with E-state index in [1.807, 2.05) is 0 Å². The van der Waals surface area contributed by atoms with Crippen LogP contribution >= 0.6 is 0 Å². The lowest BCUT2D eigenvalue weighted by molar-refractivity contribution is -0.189. The van der Waals surface area contributed by atoms with Gasteiger partial charge < -0.3 is 9.47 Å². The molecular weight excluding hydrogens is 152 g/mol. The summed E-state index contributed by atoms with van der Waals surface area (Å²) in [4.78, 5) is 0. The molecule has 1 aliphatic rings. The summed E-state index contributed by atoms with van der Waals surface area (Å²) in [6.07, 6.45) is 6.33. The van der Waals surface area contributed by atoms with E-state index in [1.165, 1.54) is 19.3 Å². The maximum atomic E-state index is 5.61. The van der Waals surface area contributed by atoms with Gasteiger partial charge in [-0.15, -0.1) is 0 Å². The summed E-state index contributed by atoms with van der Waals surface area (Å²) in [6, 6.07) is 0. The van der Waals surface area contributed by atoms with Gasteiger partial charge in [0.25, 0.3) is 0 Å². The van der Waals surface area contributed by atoms with Gasteiger partial charge in [-0.1, -0.05) is 13.3 Å². The van der Waals surface area contributed by atoms with Crippen molar-refractivity contribution in [3.63, 3.8) is 0 Å². The topological polar surface area (TPSA) is 18.5 Å². The van der Waals surface area contributed by atoms with E-state index >= 15 is 0 Å². The minimum atomic E-state index is 0.0836. The van der Waals surface area contributed by atoms with Crippen LogP contribution < -0.4 is 0 Å². The zero-order chi connectivity index (χ0) is 8.81. The molecule has 0 radical (unpaired) electrons. The minimum Gasteiger partial charge on any atom is -0.353 e. The van der Waals surface area contributed by atoms with E-state index in [4.69, 9.17) is 9.47 Å². The highest BCUT2D eigenvalue weighted by molar-refractivity contribution is 4.61. The Hall–Kier alpha value is -0.0800. The van der Waals surface area contributed by atoms with Gasteiger partial charge in [0.05, 0.1) is 6.10 Å². The van der Waals surface area contributed by atoms with E-state index in [1.54, 1.807) is 0 Å². The molecular formula is C10H20O2. The molecule has 0 saturated carbocycles. The van der Waals surface area contributed by atoms with E-state index in [2.05, 4.69) is 13.8 Å². The highest BCUT2D eigenvalue weighted by Crippen LogP contribution is 2.19. The zero-order valence-corrected chi connectivity index (χ0v) is 8.21. The summed E-state index contributed by atoms with van der Waals surface area (Å²) in [6.45, 7) is 5.15. The van der Waals surface area contributed by atoms with Crippen molar-refractivity contribution in [1.82, 2.24) is 0 Å².